The van der Waals surface area contributed by atoms with E-state index in [9.17, 15) is 0 Å². The van der Waals surface area contributed by atoms with Crippen molar-refractivity contribution in [3.8, 4) is 0 Å². The number of hydrogen-bond donors (Lipinski definition) is 1. The van der Waals surface area contributed by atoms with Crippen LogP contribution in [0, 0.1) is 12.0 Å². The number of aliphatic hydroxyl groups excluding tert-OH is 1. The maximum atomic E-state index is 9.09. The van der Waals surface area contributed by atoms with E-state index in [1.807, 2.05) is 6.92 Å². The molecular weight excluding hydrogens is 100 g/mol. The largest absolute Gasteiger partial charge is 0.387 e. The normalized spacial score (nSPS) is 21.4. The topological polar surface area (TPSA) is 20.2 Å². The molecule has 1 radical (unpaired) electrons. The molecule has 0 heterocycles. The summed E-state index contributed by atoms with van der Waals surface area (Å²) in [5.41, 5.74) is 0. The second-order valence-electron chi connectivity index (χ2n) is 2.47. The third kappa shape index (κ3) is 1.03. The van der Waals surface area contributed by atoms with Gasteiger partial charge in [0.15, 0.2) is 0 Å². The second kappa shape index (κ2) is 2.49. The molecule has 0 amide bonds. The Bertz CT molecular complexity index is 64.0. The summed E-state index contributed by atoms with van der Waals surface area (Å²) in [6, 6.07) is 0. The van der Waals surface area contributed by atoms with Crippen molar-refractivity contribution in [3.63, 3.8) is 0 Å². The Labute approximate surface area is 50.7 Å². The molecule has 0 aromatic carbocycles. The zero-order chi connectivity index (χ0) is 5.98. The standard InChI is InChI=1S/C7H13O/c1-2-7(8)6-4-3-5-6/h6,8H,2-5H2,1H3. The predicted molar refractivity (Wildman–Crippen MR) is 32.8 cm³/mol. The van der Waals surface area contributed by atoms with E-state index in [2.05, 4.69) is 0 Å². The van der Waals surface area contributed by atoms with Crippen molar-refractivity contribution in [3.05, 3.63) is 6.10 Å². The molecule has 0 saturated heterocycles. The summed E-state index contributed by atoms with van der Waals surface area (Å²) < 4.78 is 0. The van der Waals surface area contributed by atoms with Crippen LogP contribution in [0.15, 0.2) is 0 Å². The minimum absolute atomic E-state index is 0.569. The van der Waals surface area contributed by atoms with Gasteiger partial charge >= 0.3 is 0 Å². The van der Waals surface area contributed by atoms with E-state index < -0.39 is 0 Å². The summed E-state index contributed by atoms with van der Waals surface area (Å²) in [4.78, 5) is 0. The van der Waals surface area contributed by atoms with E-state index in [0.29, 0.717) is 5.92 Å². The number of hydrogen-bond acceptors (Lipinski definition) is 1. The molecule has 1 N–H and O–H groups in total. The van der Waals surface area contributed by atoms with Gasteiger partial charge in [-0.3, -0.25) is 0 Å². The Kier molecular flexibility index (Phi) is 1.90. The van der Waals surface area contributed by atoms with Gasteiger partial charge in [-0.15, -0.1) is 0 Å². The van der Waals surface area contributed by atoms with Crippen LogP contribution in [0.1, 0.15) is 32.6 Å². The van der Waals surface area contributed by atoms with Gasteiger partial charge in [-0.05, 0) is 25.2 Å². The molecule has 0 aliphatic heterocycles. The fourth-order valence-electron chi connectivity index (χ4n) is 1.03. The molecule has 8 heavy (non-hydrogen) atoms. The molecule has 0 aromatic heterocycles. The van der Waals surface area contributed by atoms with Crippen LogP contribution < -0.4 is 0 Å². The highest BCUT2D eigenvalue weighted by Gasteiger charge is 2.24. The fourth-order valence-corrected chi connectivity index (χ4v) is 1.03. The zero-order valence-corrected chi connectivity index (χ0v) is 5.35. The molecule has 1 nitrogen and oxygen atoms in total. The van der Waals surface area contributed by atoms with Crippen molar-refractivity contribution in [2.75, 3.05) is 0 Å². The molecule has 1 aliphatic carbocycles. The predicted octanol–water partition coefficient (Wildman–Crippen LogP) is 2.10. The highest BCUT2D eigenvalue weighted by atomic mass is 16.3. The van der Waals surface area contributed by atoms with Gasteiger partial charge in [-0.1, -0.05) is 13.3 Å². The summed E-state index contributed by atoms with van der Waals surface area (Å²) in [5.74, 6) is 0.569. The van der Waals surface area contributed by atoms with Crippen molar-refractivity contribution < 1.29 is 5.11 Å². The molecule has 1 fully saturated rings. The third-order valence-corrected chi connectivity index (χ3v) is 1.94. The van der Waals surface area contributed by atoms with Gasteiger partial charge in [0.1, 0.15) is 0 Å². The van der Waals surface area contributed by atoms with Crippen LogP contribution in [0.2, 0.25) is 0 Å². The monoisotopic (exact) mass is 113 g/mol. The first kappa shape index (κ1) is 6.09. The lowest BCUT2D eigenvalue weighted by molar-refractivity contribution is 0.158. The fraction of sp³-hybridized carbons (Fsp3) is 0.857. The van der Waals surface area contributed by atoms with E-state index in [1.54, 1.807) is 0 Å². The first-order valence-corrected chi connectivity index (χ1v) is 3.39. The summed E-state index contributed by atoms with van der Waals surface area (Å²) in [6.45, 7) is 2.01. The Hall–Kier alpha value is -0.0400. The van der Waals surface area contributed by atoms with Crippen LogP contribution in [0.3, 0.4) is 0 Å². The smallest absolute Gasteiger partial charge is 0.0961 e. The van der Waals surface area contributed by atoms with Gasteiger partial charge < -0.3 is 5.11 Å². The van der Waals surface area contributed by atoms with Gasteiger partial charge in [0, 0.05) is 0 Å². The van der Waals surface area contributed by atoms with Gasteiger partial charge in [-0.25, -0.2) is 0 Å². The number of rotatable bonds is 2. The molecule has 47 valence electrons. The first-order chi connectivity index (χ1) is 3.84. The van der Waals surface area contributed by atoms with E-state index >= 15 is 0 Å². The van der Waals surface area contributed by atoms with Crippen LogP contribution in [0.5, 0.6) is 0 Å². The summed E-state index contributed by atoms with van der Waals surface area (Å²) in [6.07, 6.45) is 5.33. The van der Waals surface area contributed by atoms with Gasteiger partial charge in [-0.2, -0.15) is 0 Å². The lowest BCUT2D eigenvalue weighted by Gasteiger charge is -2.28. The molecule has 0 unspecified atom stereocenters. The number of aliphatic hydroxyl groups is 1. The van der Waals surface area contributed by atoms with Crippen LogP contribution in [-0.2, 0) is 0 Å². The molecule has 1 heteroatoms. The Balaban J connectivity index is 2.13. The minimum atomic E-state index is 0.569. The van der Waals surface area contributed by atoms with E-state index in [1.165, 1.54) is 19.3 Å². The highest BCUT2D eigenvalue weighted by Crippen LogP contribution is 2.34. The molecule has 0 spiro atoms. The average Bonchev–Trinajstić information content (AvgIpc) is 1.62. The van der Waals surface area contributed by atoms with Crippen molar-refractivity contribution in [2.45, 2.75) is 32.6 Å². The van der Waals surface area contributed by atoms with Crippen LogP contribution in [0.4, 0.5) is 0 Å². The molecule has 1 aliphatic rings. The lowest BCUT2D eigenvalue weighted by Crippen LogP contribution is -2.18. The molecule has 0 bridgehead atoms. The summed E-state index contributed by atoms with van der Waals surface area (Å²) >= 11 is 0. The van der Waals surface area contributed by atoms with Gasteiger partial charge in [0.2, 0.25) is 0 Å². The van der Waals surface area contributed by atoms with Crippen molar-refractivity contribution >= 4 is 0 Å². The highest BCUT2D eigenvalue weighted by molar-refractivity contribution is 4.88. The van der Waals surface area contributed by atoms with Crippen LogP contribution >= 0.6 is 0 Å². The SMILES string of the molecule is CC[C](O)C1CCC1. The average molecular weight is 113 g/mol. The third-order valence-electron chi connectivity index (χ3n) is 1.94. The Morgan fingerprint density at radius 1 is 1.62 bits per heavy atom. The van der Waals surface area contributed by atoms with Crippen LogP contribution in [-0.4, -0.2) is 5.11 Å². The van der Waals surface area contributed by atoms with Gasteiger partial charge in [0.05, 0.1) is 6.10 Å². The van der Waals surface area contributed by atoms with Crippen molar-refractivity contribution in [2.24, 2.45) is 5.92 Å². The first-order valence-electron chi connectivity index (χ1n) is 3.39. The minimum Gasteiger partial charge on any atom is -0.387 e. The summed E-state index contributed by atoms with van der Waals surface area (Å²) in [7, 11) is 0. The Morgan fingerprint density at radius 3 is 2.38 bits per heavy atom. The van der Waals surface area contributed by atoms with Crippen molar-refractivity contribution in [1.29, 1.82) is 0 Å². The molecule has 1 saturated carbocycles. The van der Waals surface area contributed by atoms with E-state index in [0.717, 1.165) is 12.5 Å². The molecular formula is C7H13O. The van der Waals surface area contributed by atoms with Crippen molar-refractivity contribution in [1.82, 2.24) is 0 Å². The maximum absolute atomic E-state index is 9.09. The van der Waals surface area contributed by atoms with E-state index in [-0.39, 0.29) is 0 Å². The summed E-state index contributed by atoms with van der Waals surface area (Å²) in [5, 5.41) is 9.09. The van der Waals surface area contributed by atoms with Crippen LogP contribution in [0.25, 0.3) is 0 Å². The lowest BCUT2D eigenvalue weighted by atomic mass is 9.80. The zero-order valence-electron chi connectivity index (χ0n) is 5.35. The second-order valence-corrected chi connectivity index (χ2v) is 2.47. The van der Waals surface area contributed by atoms with E-state index in [4.69, 9.17) is 5.11 Å². The quantitative estimate of drug-likeness (QED) is 0.581. The molecule has 0 aromatic rings. The Morgan fingerprint density at radius 2 is 2.25 bits per heavy atom. The maximum Gasteiger partial charge on any atom is 0.0961 e. The van der Waals surface area contributed by atoms with Gasteiger partial charge in [0.25, 0.3) is 0 Å². The molecule has 0 atom stereocenters. The molecule has 1 rings (SSSR count).